The zero-order chi connectivity index (χ0) is 17.1. The van der Waals surface area contributed by atoms with Crippen LogP contribution in [0, 0.1) is 11.3 Å². The number of benzene rings is 1. The number of nitriles is 1. The smallest absolute Gasteiger partial charge is 0.245 e. The molecule has 0 radical (unpaired) electrons. The monoisotopic (exact) mass is 341 g/mol. The van der Waals surface area contributed by atoms with E-state index in [1.165, 1.54) is 0 Å². The maximum atomic E-state index is 13.1. The quantitative estimate of drug-likeness (QED) is 0.733. The molecule has 1 spiro atoms. The van der Waals surface area contributed by atoms with Crippen LogP contribution in [0.5, 0.6) is 5.88 Å². The fourth-order valence-electron chi connectivity index (χ4n) is 3.45. The number of nitrogens with zero attached hydrogens (tertiary/aromatic N) is 2. The Bertz CT molecular complexity index is 971. The van der Waals surface area contributed by atoms with E-state index in [1.807, 2.05) is 13.0 Å². The van der Waals surface area contributed by atoms with E-state index in [9.17, 15) is 10.1 Å². The maximum Gasteiger partial charge on any atom is 0.245 e. The number of rotatable bonds is 1. The third-order valence-electron chi connectivity index (χ3n) is 4.45. The third-order valence-corrected chi connectivity index (χ3v) is 4.69. The summed E-state index contributed by atoms with van der Waals surface area (Å²) in [7, 11) is 0. The molecule has 0 bridgehead atoms. The number of halogens is 1. The van der Waals surface area contributed by atoms with Crippen LogP contribution in [0.25, 0.3) is 0 Å². The third kappa shape index (κ3) is 1.56. The van der Waals surface area contributed by atoms with Gasteiger partial charge in [0.25, 0.3) is 0 Å². The fourth-order valence-corrected chi connectivity index (χ4v) is 3.62. The van der Waals surface area contributed by atoms with E-state index < -0.39 is 5.41 Å². The second kappa shape index (κ2) is 4.76. The number of ether oxygens (including phenoxy) is 1. The average molecular weight is 342 g/mol. The first-order valence-electron chi connectivity index (χ1n) is 7.31. The van der Waals surface area contributed by atoms with Gasteiger partial charge in [0.05, 0.1) is 5.56 Å². The number of nitrogens with two attached hydrogens (primary N) is 1. The molecule has 2 aromatic rings. The molecule has 0 saturated heterocycles. The Morgan fingerprint density at radius 2 is 2.29 bits per heavy atom. The van der Waals surface area contributed by atoms with Gasteiger partial charge >= 0.3 is 0 Å². The molecule has 0 aliphatic carbocycles. The lowest BCUT2D eigenvalue weighted by Gasteiger charge is -2.31. The number of H-pyrrole nitrogens is 1. The van der Waals surface area contributed by atoms with Gasteiger partial charge in [-0.25, -0.2) is 0 Å². The molecule has 0 fully saturated rings. The van der Waals surface area contributed by atoms with Crippen LogP contribution >= 0.6 is 11.6 Å². The SMILES string of the molecule is CCc1[nH]nc2c1C1(C(=O)Nc3ccc(Cl)cc31)C(C#N)=C(N)O2. The summed E-state index contributed by atoms with van der Waals surface area (Å²) in [5.41, 5.74) is 6.92. The predicted molar refractivity (Wildman–Crippen MR) is 86.3 cm³/mol. The number of anilines is 1. The largest absolute Gasteiger partial charge is 0.420 e. The van der Waals surface area contributed by atoms with Gasteiger partial charge in [0.2, 0.25) is 17.7 Å². The van der Waals surface area contributed by atoms with E-state index in [0.717, 1.165) is 0 Å². The molecule has 1 atom stereocenters. The molecule has 120 valence electrons. The first-order chi connectivity index (χ1) is 11.5. The standard InChI is InChI=1S/C16H12ClN5O2/c1-2-10-12-14(22-21-10)24-13(19)9(6-18)16(12)8-5-7(17)3-4-11(8)20-15(16)23/h3-5H,2,19H2,1H3,(H,20,23)(H,21,22). The molecule has 1 amide bonds. The number of aryl methyl sites for hydroxylation is 1. The summed E-state index contributed by atoms with van der Waals surface area (Å²) in [5, 5.41) is 20.0. The minimum atomic E-state index is -1.41. The molecule has 2 aliphatic heterocycles. The second-order valence-electron chi connectivity index (χ2n) is 5.58. The normalized spacial score (nSPS) is 21.1. The molecule has 4 rings (SSSR count). The molecule has 0 saturated carbocycles. The van der Waals surface area contributed by atoms with Crippen molar-refractivity contribution in [3.05, 3.63) is 51.5 Å². The van der Waals surface area contributed by atoms with Crippen LogP contribution in [0.1, 0.15) is 23.7 Å². The van der Waals surface area contributed by atoms with Crippen molar-refractivity contribution in [1.82, 2.24) is 10.2 Å². The first-order valence-corrected chi connectivity index (χ1v) is 7.69. The van der Waals surface area contributed by atoms with Crippen molar-refractivity contribution in [1.29, 1.82) is 5.26 Å². The number of hydrogen-bond acceptors (Lipinski definition) is 5. The van der Waals surface area contributed by atoms with Crippen LogP contribution in [0.15, 0.2) is 29.7 Å². The summed E-state index contributed by atoms with van der Waals surface area (Å²) in [6, 6.07) is 7.09. The van der Waals surface area contributed by atoms with E-state index in [2.05, 4.69) is 15.5 Å². The highest BCUT2D eigenvalue weighted by Crippen LogP contribution is 2.54. The summed E-state index contributed by atoms with van der Waals surface area (Å²) in [5.74, 6) is -0.312. The minimum Gasteiger partial charge on any atom is -0.420 e. The lowest BCUT2D eigenvalue weighted by Crippen LogP contribution is -2.42. The number of nitrogens with one attached hydrogen (secondary N) is 2. The molecular weight excluding hydrogens is 330 g/mol. The van der Waals surface area contributed by atoms with Crippen molar-refractivity contribution in [3.8, 4) is 11.9 Å². The van der Waals surface area contributed by atoms with Gasteiger partial charge in [-0.15, -0.1) is 5.10 Å². The van der Waals surface area contributed by atoms with Gasteiger partial charge in [-0.1, -0.05) is 18.5 Å². The van der Waals surface area contributed by atoms with Gasteiger partial charge < -0.3 is 15.8 Å². The zero-order valence-corrected chi connectivity index (χ0v) is 13.4. The Hall–Kier alpha value is -2.98. The van der Waals surface area contributed by atoms with E-state index in [1.54, 1.807) is 18.2 Å². The summed E-state index contributed by atoms with van der Waals surface area (Å²) in [6.45, 7) is 1.92. The van der Waals surface area contributed by atoms with Crippen molar-refractivity contribution >= 4 is 23.2 Å². The molecule has 7 nitrogen and oxygen atoms in total. The van der Waals surface area contributed by atoms with Gasteiger partial charge in [0.15, 0.2) is 0 Å². The Balaban J connectivity index is 2.17. The Kier molecular flexibility index (Phi) is 2.89. The topological polar surface area (TPSA) is 117 Å². The van der Waals surface area contributed by atoms with Gasteiger partial charge in [-0.3, -0.25) is 9.89 Å². The highest BCUT2D eigenvalue weighted by Gasteiger charge is 2.58. The van der Waals surface area contributed by atoms with E-state index in [4.69, 9.17) is 22.1 Å². The molecule has 24 heavy (non-hydrogen) atoms. The molecule has 3 heterocycles. The first kappa shape index (κ1) is 14.6. The number of hydrogen-bond donors (Lipinski definition) is 3. The number of aromatic nitrogens is 2. The van der Waals surface area contributed by atoms with E-state index in [-0.39, 0.29) is 23.2 Å². The van der Waals surface area contributed by atoms with Crippen LogP contribution < -0.4 is 15.8 Å². The Labute approximate surface area is 142 Å². The maximum absolute atomic E-state index is 13.1. The summed E-state index contributed by atoms with van der Waals surface area (Å²) >= 11 is 6.15. The fraction of sp³-hybridized carbons (Fsp3) is 0.188. The molecular formula is C16H12ClN5O2. The molecule has 2 aliphatic rings. The lowest BCUT2D eigenvalue weighted by atomic mass is 9.69. The van der Waals surface area contributed by atoms with E-state index in [0.29, 0.717) is 34.0 Å². The van der Waals surface area contributed by atoms with Crippen molar-refractivity contribution in [3.63, 3.8) is 0 Å². The van der Waals surface area contributed by atoms with Crippen LogP contribution in [0.2, 0.25) is 5.02 Å². The average Bonchev–Trinajstić information content (AvgIpc) is 3.08. The van der Waals surface area contributed by atoms with Crippen molar-refractivity contribution in [2.24, 2.45) is 5.73 Å². The lowest BCUT2D eigenvalue weighted by molar-refractivity contribution is -0.118. The van der Waals surface area contributed by atoms with Crippen molar-refractivity contribution < 1.29 is 9.53 Å². The van der Waals surface area contributed by atoms with Gasteiger partial charge in [-0.05, 0) is 24.6 Å². The number of fused-ring (bicyclic) bond motifs is 4. The van der Waals surface area contributed by atoms with Crippen molar-refractivity contribution in [2.75, 3.05) is 5.32 Å². The molecule has 4 N–H and O–H groups in total. The molecule has 1 aromatic heterocycles. The highest BCUT2D eigenvalue weighted by atomic mass is 35.5. The second-order valence-corrected chi connectivity index (χ2v) is 6.02. The Morgan fingerprint density at radius 1 is 1.50 bits per heavy atom. The van der Waals surface area contributed by atoms with Crippen LogP contribution in [0.4, 0.5) is 5.69 Å². The summed E-state index contributed by atoms with van der Waals surface area (Å²) in [6.07, 6.45) is 0.579. The van der Waals surface area contributed by atoms with Crippen LogP contribution in [-0.2, 0) is 16.6 Å². The number of carbonyl (C=O) groups excluding carboxylic acids is 1. The molecule has 1 aromatic carbocycles. The van der Waals surface area contributed by atoms with Crippen molar-refractivity contribution in [2.45, 2.75) is 18.8 Å². The Morgan fingerprint density at radius 3 is 3.00 bits per heavy atom. The predicted octanol–water partition coefficient (Wildman–Crippen LogP) is 1.95. The minimum absolute atomic E-state index is 0.0321. The summed E-state index contributed by atoms with van der Waals surface area (Å²) < 4.78 is 5.48. The summed E-state index contributed by atoms with van der Waals surface area (Å²) in [4.78, 5) is 13.1. The molecule has 1 unspecified atom stereocenters. The van der Waals surface area contributed by atoms with E-state index >= 15 is 0 Å². The number of amides is 1. The number of aromatic amines is 1. The van der Waals surface area contributed by atoms with Gasteiger partial charge in [-0.2, -0.15) is 5.26 Å². The highest BCUT2D eigenvalue weighted by molar-refractivity contribution is 6.31. The van der Waals surface area contributed by atoms with Gasteiger partial charge in [0.1, 0.15) is 17.1 Å². The van der Waals surface area contributed by atoms with Crippen LogP contribution in [0.3, 0.4) is 0 Å². The molecule has 8 heteroatoms. The van der Waals surface area contributed by atoms with Gasteiger partial charge in [0, 0.05) is 22.0 Å². The number of carbonyl (C=O) groups is 1. The van der Waals surface area contributed by atoms with Crippen LogP contribution in [-0.4, -0.2) is 16.1 Å². The zero-order valence-electron chi connectivity index (χ0n) is 12.6.